The lowest BCUT2D eigenvalue weighted by atomic mass is 9.98. The molecule has 0 radical (unpaired) electrons. The first-order valence-corrected chi connectivity index (χ1v) is 8.16. The molecule has 1 heterocycles. The lowest BCUT2D eigenvalue weighted by Crippen LogP contribution is -2.33. The molecule has 0 bridgehead atoms. The first-order valence-electron chi connectivity index (χ1n) is 7.78. The molecule has 6 heteroatoms. The minimum atomic E-state index is -0.759. The maximum atomic E-state index is 12.5. The highest BCUT2D eigenvalue weighted by Crippen LogP contribution is 2.23. The third kappa shape index (κ3) is 3.77. The fourth-order valence-corrected chi connectivity index (χ4v) is 2.93. The highest BCUT2D eigenvalue weighted by Gasteiger charge is 2.22. The largest absolute Gasteiger partial charge is 0.336 e. The third-order valence-electron chi connectivity index (χ3n) is 4.25. The van der Waals surface area contributed by atoms with Crippen molar-refractivity contribution in [3.8, 4) is 6.07 Å². The van der Waals surface area contributed by atoms with Crippen molar-refractivity contribution in [2.75, 3.05) is 0 Å². The van der Waals surface area contributed by atoms with Gasteiger partial charge in [0.15, 0.2) is 0 Å². The number of carbonyl (C=O) groups is 1. The first-order chi connectivity index (χ1) is 11.3. The molecule has 0 aliphatic rings. The van der Waals surface area contributed by atoms with E-state index in [1.165, 1.54) is 0 Å². The molecule has 0 fully saturated rings. The van der Waals surface area contributed by atoms with Crippen LogP contribution in [0.2, 0.25) is 5.02 Å². The number of rotatable bonds is 5. The van der Waals surface area contributed by atoms with E-state index in [9.17, 15) is 10.1 Å². The quantitative estimate of drug-likeness (QED) is 0.905. The van der Waals surface area contributed by atoms with Crippen molar-refractivity contribution < 1.29 is 4.79 Å². The van der Waals surface area contributed by atoms with Crippen LogP contribution in [0.15, 0.2) is 24.3 Å². The van der Waals surface area contributed by atoms with Crippen LogP contribution in [0.5, 0.6) is 0 Å². The fraction of sp³-hybridized carbons (Fsp3) is 0.389. The highest BCUT2D eigenvalue weighted by atomic mass is 35.5. The molecule has 126 valence electrons. The van der Waals surface area contributed by atoms with E-state index in [-0.39, 0.29) is 11.8 Å². The van der Waals surface area contributed by atoms with Gasteiger partial charge >= 0.3 is 0 Å². The predicted molar refractivity (Wildman–Crippen MR) is 93.5 cm³/mol. The summed E-state index contributed by atoms with van der Waals surface area (Å²) in [5.74, 6) is -0.450. The molecular formula is C18H21ClN4O. The van der Waals surface area contributed by atoms with E-state index in [2.05, 4.69) is 16.5 Å². The van der Waals surface area contributed by atoms with Crippen molar-refractivity contribution in [2.24, 2.45) is 13.0 Å². The average Bonchev–Trinajstić information content (AvgIpc) is 2.79. The molecule has 0 saturated carbocycles. The number of hydrogen-bond donors (Lipinski definition) is 1. The van der Waals surface area contributed by atoms with Crippen molar-refractivity contribution >= 4 is 17.5 Å². The van der Waals surface area contributed by atoms with Gasteiger partial charge in [-0.2, -0.15) is 10.4 Å². The first kappa shape index (κ1) is 18.0. The third-order valence-corrected chi connectivity index (χ3v) is 4.59. The van der Waals surface area contributed by atoms with Gasteiger partial charge in [-0.1, -0.05) is 36.7 Å². The predicted octanol–water partition coefficient (Wildman–Crippen LogP) is 3.25. The number of hydrogen-bond acceptors (Lipinski definition) is 3. The molecule has 2 rings (SSSR count). The summed E-state index contributed by atoms with van der Waals surface area (Å²) in [6.45, 7) is 5.78. The van der Waals surface area contributed by atoms with Gasteiger partial charge in [-0.25, -0.2) is 0 Å². The molecule has 0 saturated heterocycles. The Morgan fingerprint density at radius 3 is 2.62 bits per heavy atom. The Morgan fingerprint density at radius 1 is 1.42 bits per heavy atom. The van der Waals surface area contributed by atoms with Crippen molar-refractivity contribution in [2.45, 2.75) is 33.2 Å². The van der Waals surface area contributed by atoms with Crippen molar-refractivity contribution in [3.05, 3.63) is 51.8 Å². The lowest BCUT2D eigenvalue weighted by Gasteiger charge is -2.17. The molecule has 0 aliphatic carbocycles. The smallest absolute Gasteiger partial charge is 0.224 e. The lowest BCUT2D eigenvalue weighted by molar-refractivity contribution is -0.124. The normalized spacial score (nSPS) is 13.2. The van der Waals surface area contributed by atoms with Crippen LogP contribution in [0, 0.1) is 31.1 Å². The van der Waals surface area contributed by atoms with Crippen molar-refractivity contribution in [3.63, 3.8) is 0 Å². The van der Waals surface area contributed by atoms with Crippen LogP contribution in [-0.2, 0) is 18.3 Å². The maximum absolute atomic E-state index is 12.5. The number of aryl methyl sites for hydroxylation is 2. The molecule has 1 aromatic heterocycles. The zero-order valence-corrected chi connectivity index (χ0v) is 15.1. The number of amides is 1. The van der Waals surface area contributed by atoms with Crippen LogP contribution in [0.1, 0.15) is 35.5 Å². The number of benzene rings is 1. The number of halogens is 1. The summed E-state index contributed by atoms with van der Waals surface area (Å²) in [5.41, 5.74) is 3.66. The number of aromatic nitrogens is 2. The molecule has 24 heavy (non-hydrogen) atoms. The van der Waals surface area contributed by atoms with Gasteiger partial charge in [-0.05, 0) is 31.9 Å². The van der Waals surface area contributed by atoms with E-state index in [0.29, 0.717) is 17.0 Å². The Labute approximate surface area is 147 Å². The molecule has 2 aromatic rings. The summed E-state index contributed by atoms with van der Waals surface area (Å²) >= 11 is 6.12. The zero-order valence-electron chi connectivity index (χ0n) is 14.3. The van der Waals surface area contributed by atoms with Gasteiger partial charge < -0.3 is 5.32 Å². The second kappa shape index (κ2) is 7.50. The van der Waals surface area contributed by atoms with Crippen LogP contribution in [0.25, 0.3) is 0 Å². The zero-order chi connectivity index (χ0) is 17.9. The molecule has 1 aromatic carbocycles. The Bertz CT molecular complexity index is 791. The number of nitriles is 1. The molecule has 5 nitrogen and oxygen atoms in total. The van der Waals surface area contributed by atoms with E-state index in [1.54, 1.807) is 24.3 Å². The summed E-state index contributed by atoms with van der Waals surface area (Å²) in [5, 5.41) is 17.0. The molecule has 1 N–H and O–H groups in total. The molecular weight excluding hydrogens is 324 g/mol. The van der Waals surface area contributed by atoms with E-state index in [0.717, 1.165) is 17.0 Å². The number of nitrogens with one attached hydrogen (secondary N) is 1. The summed E-state index contributed by atoms with van der Waals surface area (Å²) < 4.78 is 1.82. The van der Waals surface area contributed by atoms with Gasteiger partial charge in [0.2, 0.25) is 5.91 Å². The Hall–Kier alpha value is -2.32. The van der Waals surface area contributed by atoms with Crippen LogP contribution >= 0.6 is 11.6 Å². The Morgan fingerprint density at radius 2 is 2.08 bits per heavy atom. The second-order valence-corrected chi connectivity index (χ2v) is 6.38. The topological polar surface area (TPSA) is 70.7 Å². The van der Waals surface area contributed by atoms with Crippen LogP contribution in [-0.4, -0.2) is 15.7 Å². The standard InChI is InChI=1S/C18H21ClN4O/c1-11(9-15-12(2)22-23(4)13(15)3)18(24)21-17(10-20)14-7-5-6-8-16(14)19/h5-8,11,17H,9H2,1-4H3,(H,21,24). The average molecular weight is 345 g/mol. The van der Waals surface area contributed by atoms with Crippen LogP contribution in [0.3, 0.4) is 0 Å². The minimum absolute atomic E-state index is 0.177. The van der Waals surface area contributed by atoms with Gasteiger partial charge in [0.1, 0.15) is 6.04 Å². The van der Waals surface area contributed by atoms with E-state index in [1.807, 2.05) is 32.5 Å². The van der Waals surface area contributed by atoms with Gasteiger partial charge in [-0.15, -0.1) is 0 Å². The SMILES string of the molecule is Cc1nn(C)c(C)c1CC(C)C(=O)NC(C#N)c1ccccc1Cl. The summed E-state index contributed by atoms with van der Waals surface area (Å²) in [6.07, 6.45) is 0.581. The summed E-state index contributed by atoms with van der Waals surface area (Å²) in [6, 6.07) is 8.38. The van der Waals surface area contributed by atoms with Crippen LogP contribution in [0.4, 0.5) is 0 Å². The van der Waals surface area contributed by atoms with E-state index < -0.39 is 6.04 Å². The monoisotopic (exact) mass is 344 g/mol. The summed E-state index contributed by atoms with van der Waals surface area (Å²) in [7, 11) is 1.89. The van der Waals surface area contributed by atoms with E-state index >= 15 is 0 Å². The molecule has 0 spiro atoms. The van der Waals surface area contributed by atoms with Gasteiger partial charge in [0.25, 0.3) is 0 Å². The second-order valence-electron chi connectivity index (χ2n) is 5.97. The highest BCUT2D eigenvalue weighted by molar-refractivity contribution is 6.31. The molecule has 2 unspecified atom stereocenters. The minimum Gasteiger partial charge on any atom is -0.336 e. The Kier molecular flexibility index (Phi) is 5.63. The maximum Gasteiger partial charge on any atom is 0.224 e. The summed E-state index contributed by atoms with van der Waals surface area (Å²) in [4.78, 5) is 12.5. The number of carbonyl (C=O) groups excluding carboxylic acids is 1. The van der Waals surface area contributed by atoms with Crippen molar-refractivity contribution in [1.29, 1.82) is 5.26 Å². The van der Waals surface area contributed by atoms with Gasteiger partial charge in [-0.3, -0.25) is 9.48 Å². The fourth-order valence-electron chi connectivity index (χ4n) is 2.69. The Balaban J connectivity index is 2.11. The van der Waals surface area contributed by atoms with Crippen molar-refractivity contribution in [1.82, 2.24) is 15.1 Å². The molecule has 2 atom stereocenters. The molecule has 0 aliphatic heterocycles. The molecule has 1 amide bonds. The van der Waals surface area contributed by atoms with Gasteiger partial charge in [0, 0.05) is 29.2 Å². The van der Waals surface area contributed by atoms with E-state index in [4.69, 9.17) is 11.6 Å². The van der Waals surface area contributed by atoms with Crippen LogP contribution < -0.4 is 5.32 Å². The van der Waals surface area contributed by atoms with Gasteiger partial charge in [0.05, 0.1) is 11.8 Å². The number of nitrogens with zero attached hydrogens (tertiary/aromatic N) is 3.